The molecule has 4 rings (SSSR count). The number of fused-ring (bicyclic) bond motifs is 1. The lowest BCUT2D eigenvalue weighted by atomic mass is 10.1. The van der Waals surface area contributed by atoms with Crippen LogP contribution in [0.15, 0.2) is 77.8 Å². The van der Waals surface area contributed by atoms with Gasteiger partial charge >= 0.3 is 5.97 Å². The van der Waals surface area contributed by atoms with Gasteiger partial charge in [-0.05, 0) is 47.6 Å². The lowest BCUT2D eigenvalue weighted by Gasteiger charge is -2.18. The first-order valence-corrected chi connectivity index (χ1v) is 11.5. The number of ether oxygens (including phenoxy) is 1. The van der Waals surface area contributed by atoms with Crippen LogP contribution in [0.1, 0.15) is 23.4 Å². The summed E-state index contributed by atoms with van der Waals surface area (Å²) in [5.74, 6) is -0.517. The molecular weight excluding hydrogens is 440 g/mol. The Labute approximate surface area is 195 Å². The molecule has 0 aliphatic rings. The average molecular weight is 463 g/mol. The fraction of sp³-hybridized carbons (Fsp3) is 0.160. The molecule has 1 atom stereocenters. The molecule has 4 aromatic rings. The van der Waals surface area contributed by atoms with Crippen molar-refractivity contribution in [3.8, 4) is 5.88 Å². The molecule has 0 saturated heterocycles. The maximum absolute atomic E-state index is 12.7. The van der Waals surface area contributed by atoms with Gasteiger partial charge in [-0.15, -0.1) is 0 Å². The third-order valence-electron chi connectivity index (χ3n) is 5.05. The Balaban J connectivity index is 1.66. The number of aliphatic imine (C=N–C) groups is 1. The van der Waals surface area contributed by atoms with E-state index < -0.39 is 12.0 Å². The van der Waals surface area contributed by atoms with Crippen molar-refractivity contribution in [3.63, 3.8) is 0 Å². The summed E-state index contributed by atoms with van der Waals surface area (Å²) in [6, 6.07) is 22.8. The number of hydrogen-bond acceptors (Lipinski definition) is 6. The van der Waals surface area contributed by atoms with E-state index in [4.69, 9.17) is 17.0 Å². The van der Waals surface area contributed by atoms with Crippen LogP contribution in [0.3, 0.4) is 0 Å². The van der Waals surface area contributed by atoms with Crippen molar-refractivity contribution in [1.82, 2.24) is 4.57 Å². The lowest BCUT2D eigenvalue weighted by Crippen LogP contribution is -2.24. The van der Waals surface area contributed by atoms with Gasteiger partial charge < -0.3 is 9.84 Å². The molecule has 0 fully saturated rings. The zero-order valence-corrected chi connectivity index (χ0v) is 19.1. The molecule has 32 heavy (non-hydrogen) atoms. The summed E-state index contributed by atoms with van der Waals surface area (Å²) in [5, 5.41) is 13.2. The van der Waals surface area contributed by atoms with Gasteiger partial charge in [-0.25, -0.2) is 4.79 Å². The maximum atomic E-state index is 12.7. The standard InChI is InChI=1S/C25H22N2O3S2/c1-2-30-24(29)21(14-17-8-4-3-5-9-17)27-23(28)22(32-25(27)31)16-26-20-13-12-18-10-6-7-11-19(18)15-20/h3-13,15-16,21,28H,2,14H2,1H3/t21-/m1/s1. The van der Waals surface area contributed by atoms with Crippen LogP contribution in [-0.4, -0.2) is 28.5 Å². The van der Waals surface area contributed by atoms with E-state index in [9.17, 15) is 9.90 Å². The van der Waals surface area contributed by atoms with Crippen molar-refractivity contribution in [1.29, 1.82) is 0 Å². The third-order valence-corrected chi connectivity index (χ3v) is 6.37. The minimum Gasteiger partial charge on any atom is -0.493 e. The number of carbonyl (C=O) groups is 1. The monoisotopic (exact) mass is 462 g/mol. The van der Waals surface area contributed by atoms with Crippen molar-refractivity contribution < 1.29 is 14.6 Å². The molecule has 0 spiro atoms. The summed E-state index contributed by atoms with van der Waals surface area (Å²) >= 11 is 6.71. The van der Waals surface area contributed by atoms with E-state index in [0.29, 0.717) is 15.3 Å². The second kappa shape index (κ2) is 9.89. The van der Waals surface area contributed by atoms with E-state index in [1.165, 1.54) is 15.9 Å². The fourth-order valence-corrected chi connectivity index (χ4v) is 4.78. The summed E-state index contributed by atoms with van der Waals surface area (Å²) in [7, 11) is 0. The predicted molar refractivity (Wildman–Crippen MR) is 132 cm³/mol. The Morgan fingerprint density at radius 3 is 2.59 bits per heavy atom. The number of hydrogen-bond donors (Lipinski definition) is 1. The Morgan fingerprint density at radius 1 is 1.12 bits per heavy atom. The lowest BCUT2D eigenvalue weighted by molar-refractivity contribution is -0.147. The van der Waals surface area contributed by atoms with Crippen LogP contribution in [0.5, 0.6) is 5.88 Å². The number of esters is 1. The van der Waals surface area contributed by atoms with Gasteiger partial charge in [0.05, 0.1) is 18.5 Å². The molecule has 0 aliphatic heterocycles. The largest absolute Gasteiger partial charge is 0.493 e. The number of thiazole rings is 1. The average Bonchev–Trinajstić information content (AvgIpc) is 3.09. The van der Waals surface area contributed by atoms with Gasteiger partial charge in [0.15, 0.2) is 3.95 Å². The van der Waals surface area contributed by atoms with Gasteiger partial charge in [-0.3, -0.25) is 9.56 Å². The van der Waals surface area contributed by atoms with Crippen molar-refractivity contribution in [3.05, 3.63) is 87.2 Å². The van der Waals surface area contributed by atoms with Crippen LogP contribution in [0.2, 0.25) is 0 Å². The van der Waals surface area contributed by atoms with Crippen LogP contribution in [-0.2, 0) is 16.0 Å². The number of benzene rings is 3. The van der Waals surface area contributed by atoms with Gasteiger partial charge in [0.2, 0.25) is 5.88 Å². The minimum atomic E-state index is -0.760. The second-order valence-corrected chi connectivity index (χ2v) is 8.85. The molecule has 1 N–H and O–H groups in total. The van der Waals surface area contributed by atoms with Crippen LogP contribution in [0.4, 0.5) is 5.69 Å². The minimum absolute atomic E-state index is 0.0847. The van der Waals surface area contributed by atoms with Crippen molar-refractivity contribution in [2.45, 2.75) is 19.4 Å². The SMILES string of the molecule is CCOC(=O)[C@@H](Cc1ccccc1)n1c(O)c(C=Nc2ccc3ccccc3c2)sc1=S. The molecule has 0 saturated carbocycles. The molecule has 5 nitrogen and oxygen atoms in total. The number of carbonyl (C=O) groups excluding carboxylic acids is 1. The van der Waals surface area contributed by atoms with Crippen LogP contribution < -0.4 is 0 Å². The molecule has 1 heterocycles. The van der Waals surface area contributed by atoms with E-state index in [-0.39, 0.29) is 12.5 Å². The quantitative estimate of drug-likeness (QED) is 0.201. The highest BCUT2D eigenvalue weighted by Crippen LogP contribution is 2.31. The summed E-state index contributed by atoms with van der Waals surface area (Å²) in [6.07, 6.45) is 1.95. The van der Waals surface area contributed by atoms with Gasteiger partial charge in [0, 0.05) is 6.42 Å². The van der Waals surface area contributed by atoms with E-state index in [2.05, 4.69) is 4.99 Å². The normalized spacial score (nSPS) is 12.3. The zero-order chi connectivity index (χ0) is 22.5. The predicted octanol–water partition coefficient (Wildman–Crippen LogP) is 6.24. The number of aromatic nitrogens is 1. The molecule has 0 bridgehead atoms. The Morgan fingerprint density at radius 2 is 1.84 bits per heavy atom. The van der Waals surface area contributed by atoms with Gasteiger partial charge in [-0.2, -0.15) is 0 Å². The number of rotatable bonds is 7. The van der Waals surface area contributed by atoms with Crippen LogP contribution >= 0.6 is 23.6 Å². The summed E-state index contributed by atoms with van der Waals surface area (Å²) < 4.78 is 7.12. The van der Waals surface area contributed by atoms with E-state index in [0.717, 1.165) is 22.0 Å². The Bertz CT molecular complexity index is 1330. The first-order valence-electron chi connectivity index (χ1n) is 10.2. The molecule has 3 aromatic carbocycles. The van der Waals surface area contributed by atoms with Gasteiger partial charge in [-0.1, -0.05) is 72.0 Å². The van der Waals surface area contributed by atoms with Crippen molar-refractivity contribution in [2.75, 3.05) is 6.61 Å². The summed E-state index contributed by atoms with van der Waals surface area (Å²) in [4.78, 5) is 17.7. The van der Waals surface area contributed by atoms with Gasteiger partial charge in [0.1, 0.15) is 10.9 Å². The Hall–Kier alpha value is -3.29. The third kappa shape index (κ3) is 4.79. The molecule has 0 aliphatic carbocycles. The fourth-order valence-electron chi connectivity index (χ4n) is 3.50. The smallest absolute Gasteiger partial charge is 0.329 e. The van der Waals surface area contributed by atoms with Crippen LogP contribution in [0, 0.1) is 3.95 Å². The Kier molecular flexibility index (Phi) is 6.78. The highest BCUT2D eigenvalue weighted by Gasteiger charge is 2.27. The number of aromatic hydroxyl groups is 1. The molecule has 162 valence electrons. The zero-order valence-electron chi connectivity index (χ0n) is 17.5. The molecule has 7 heteroatoms. The summed E-state index contributed by atoms with van der Waals surface area (Å²) in [5.41, 5.74) is 1.71. The van der Waals surface area contributed by atoms with E-state index in [1.54, 1.807) is 13.1 Å². The van der Waals surface area contributed by atoms with Crippen LogP contribution in [0.25, 0.3) is 10.8 Å². The maximum Gasteiger partial charge on any atom is 0.329 e. The first kappa shape index (κ1) is 21.9. The highest BCUT2D eigenvalue weighted by molar-refractivity contribution is 7.73. The first-order chi connectivity index (χ1) is 15.6. The van der Waals surface area contributed by atoms with E-state index >= 15 is 0 Å². The summed E-state index contributed by atoms with van der Waals surface area (Å²) in [6.45, 7) is 2.00. The van der Waals surface area contributed by atoms with Gasteiger partial charge in [0.25, 0.3) is 0 Å². The molecule has 0 amide bonds. The van der Waals surface area contributed by atoms with Crippen molar-refractivity contribution in [2.24, 2.45) is 4.99 Å². The number of nitrogens with zero attached hydrogens (tertiary/aromatic N) is 2. The molecule has 1 aromatic heterocycles. The highest BCUT2D eigenvalue weighted by atomic mass is 32.1. The molecular formula is C25H22N2O3S2. The topological polar surface area (TPSA) is 63.8 Å². The second-order valence-electron chi connectivity index (χ2n) is 7.17. The molecule has 0 unspecified atom stereocenters. The van der Waals surface area contributed by atoms with Crippen molar-refractivity contribution >= 4 is 52.2 Å². The molecule has 0 radical (unpaired) electrons. The van der Waals surface area contributed by atoms with E-state index in [1.807, 2.05) is 72.8 Å².